The van der Waals surface area contributed by atoms with Crippen LogP contribution in [0.3, 0.4) is 0 Å². The van der Waals surface area contributed by atoms with Gasteiger partial charge in [0.05, 0.1) is 6.33 Å². The zero-order valence-corrected chi connectivity index (χ0v) is 13.9. The van der Waals surface area contributed by atoms with E-state index in [1.165, 1.54) is 12.1 Å². The maximum atomic E-state index is 13.6. The lowest BCUT2D eigenvalue weighted by Crippen LogP contribution is -2.18. The first-order valence-corrected chi connectivity index (χ1v) is 7.97. The summed E-state index contributed by atoms with van der Waals surface area (Å²) in [4.78, 5) is 20.2. The van der Waals surface area contributed by atoms with E-state index in [9.17, 15) is 9.18 Å². The molecular formula is C18H15FN6O. The van der Waals surface area contributed by atoms with E-state index in [1.54, 1.807) is 46.1 Å². The minimum Gasteiger partial charge on any atom is -0.328 e. The summed E-state index contributed by atoms with van der Waals surface area (Å²) in [5, 5.41) is 6.93. The molecule has 7 nitrogen and oxygen atoms in total. The number of nitrogens with zero attached hydrogens (tertiary/aromatic N) is 5. The molecule has 1 amide bonds. The highest BCUT2D eigenvalue weighted by Gasteiger charge is 2.10. The third-order valence-corrected chi connectivity index (χ3v) is 3.98. The zero-order chi connectivity index (χ0) is 18.1. The van der Waals surface area contributed by atoms with Crippen molar-refractivity contribution >= 4 is 17.5 Å². The first-order chi connectivity index (χ1) is 12.6. The molecule has 0 bridgehead atoms. The van der Waals surface area contributed by atoms with Gasteiger partial charge < -0.3 is 4.57 Å². The number of fused-ring (bicyclic) bond motifs is 1. The van der Waals surface area contributed by atoms with E-state index >= 15 is 0 Å². The maximum absolute atomic E-state index is 13.6. The van der Waals surface area contributed by atoms with Crippen molar-refractivity contribution in [1.29, 1.82) is 0 Å². The number of halogens is 1. The van der Waals surface area contributed by atoms with Crippen LogP contribution in [-0.2, 0) is 11.3 Å². The van der Waals surface area contributed by atoms with Gasteiger partial charge in [0.15, 0.2) is 5.65 Å². The Hall–Kier alpha value is -3.55. The molecule has 8 heteroatoms. The average molecular weight is 350 g/mol. The van der Waals surface area contributed by atoms with Crippen LogP contribution in [0.25, 0.3) is 16.8 Å². The van der Waals surface area contributed by atoms with Crippen molar-refractivity contribution in [3.05, 3.63) is 66.6 Å². The van der Waals surface area contributed by atoms with Crippen LogP contribution in [0.5, 0.6) is 0 Å². The summed E-state index contributed by atoms with van der Waals surface area (Å²) >= 11 is 0. The number of aromatic nitrogens is 5. The lowest BCUT2D eigenvalue weighted by molar-refractivity contribution is -0.116. The summed E-state index contributed by atoms with van der Waals surface area (Å²) < 4.78 is 16.8. The van der Waals surface area contributed by atoms with Gasteiger partial charge >= 0.3 is 0 Å². The minimum atomic E-state index is -0.295. The molecule has 0 atom stereocenters. The first kappa shape index (κ1) is 15.9. The number of pyridine rings is 1. The average Bonchev–Trinajstić information content (AvgIpc) is 3.25. The van der Waals surface area contributed by atoms with Crippen LogP contribution >= 0.6 is 0 Å². The zero-order valence-electron chi connectivity index (χ0n) is 13.9. The molecule has 0 saturated carbocycles. The monoisotopic (exact) mass is 350 g/mol. The molecule has 4 rings (SSSR count). The summed E-state index contributed by atoms with van der Waals surface area (Å²) in [5.74, 6) is -0.333. The second-order valence-corrected chi connectivity index (χ2v) is 5.90. The van der Waals surface area contributed by atoms with Crippen molar-refractivity contribution in [1.82, 2.24) is 24.1 Å². The predicted octanol–water partition coefficient (Wildman–Crippen LogP) is 2.68. The van der Waals surface area contributed by atoms with Gasteiger partial charge in [-0.3, -0.25) is 10.1 Å². The molecule has 0 saturated heterocycles. The number of benzene rings is 1. The second kappa shape index (κ2) is 6.40. The fourth-order valence-corrected chi connectivity index (χ4v) is 2.71. The molecule has 0 unspecified atom stereocenters. The van der Waals surface area contributed by atoms with Crippen LogP contribution in [0.1, 0.15) is 5.56 Å². The molecule has 130 valence electrons. The molecule has 1 aromatic carbocycles. The fraction of sp³-hybridized carbons (Fsp3) is 0.111. The minimum absolute atomic E-state index is 0.128. The summed E-state index contributed by atoms with van der Waals surface area (Å²) in [6.45, 7) is 2.05. The number of aryl methyl sites for hydroxylation is 1. The van der Waals surface area contributed by atoms with Gasteiger partial charge in [0.2, 0.25) is 11.9 Å². The Kier molecular flexibility index (Phi) is 3.92. The van der Waals surface area contributed by atoms with Gasteiger partial charge in [-0.1, -0.05) is 6.07 Å². The molecular weight excluding hydrogens is 335 g/mol. The lowest BCUT2D eigenvalue weighted by Gasteiger charge is -2.06. The number of hydrogen-bond acceptors (Lipinski definition) is 4. The number of imidazole rings is 1. The standard InChI is InChI=1S/C18H15FN6O/c1-12-2-4-14(19)8-15(12)13-3-5-16-21-18(23-25(16)9-13)22-17(26)10-24-7-6-20-11-24/h2-9,11H,10H2,1H3,(H,22,23,26). The Balaban J connectivity index is 1.59. The number of amides is 1. The molecule has 3 aromatic heterocycles. The number of rotatable bonds is 4. The predicted molar refractivity (Wildman–Crippen MR) is 94.0 cm³/mol. The van der Waals surface area contributed by atoms with E-state index in [4.69, 9.17) is 0 Å². The Morgan fingerprint density at radius 3 is 2.96 bits per heavy atom. The molecule has 1 N–H and O–H groups in total. The van der Waals surface area contributed by atoms with Gasteiger partial charge in [-0.25, -0.2) is 13.9 Å². The molecule has 0 fully saturated rings. The van der Waals surface area contributed by atoms with Crippen molar-refractivity contribution in [3.8, 4) is 11.1 Å². The molecule has 3 heterocycles. The molecule has 4 aromatic rings. The van der Waals surface area contributed by atoms with Crippen molar-refractivity contribution in [3.63, 3.8) is 0 Å². The van der Waals surface area contributed by atoms with Gasteiger partial charge in [0.1, 0.15) is 12.4 Å². The van der Waals surface area contributed by atoms with E-state index in [0.717, 1.165) is 16.7 Å². The van der Waals surface area contributed by atoms with Gasteiger partial charge in [0.25, 0.3) is 0 Å². The fourth-order valence-electron chi connectivity index (χ4n) is 2.71. The molecule has 0 radical (unpaired) electrons. The van der Waals surface area contributed by atoms with Gasteiger partial charge in [-0.05, 0) is 42.3 Å². The van der Waals surface area contributed by atoms with Gasteiger partial charge in [-0.15, -0.1) is 5.10 Å². The van der Waals surface area contributed by atoms with Gasteiger partial charge in [-0.2, -0.15) is 4.98 Å². The number of hydrogen-bond donors (Lipinski definition) is 1. The normalized spacial score (nSPS) is 11.0. The van der Waals surface area contributed by atoms with Crippen molar-refractivity contribution in [2.24, 2.45) is 0 Å². The van der Waals surface area contributed by atoms with Crippen LogP contribution in [-0.4, -0.2) is 30.1 Å². The number of anilines is 1. The van der Waals surface area contributed by atoms with Crippen LogP contribution in [0.4, 0.5) is 10.3 Å². The Labute approximate surface area is 148 Å². The van der Waals surface area contributed by atoms with E-state index in [2.05, 4.69) is 20.4 Å². The van der Waals surface area contributed by atoms with E-state index in [0.29, 0.717) is 5.65 Å². The van der Waals surface area contributed by atoms with Crippen LogP contribution in [0.2, 0.25) is 0 Å². The van der Waals surface area contributed by atoms with Crippen LogP contribution in [0.15, 0.2) is 55.2 Å². The van der Waals surface area contributed by atoms with Crippen molar-refractivity contribution in [2.75, 3.05) is 5.32 Å². The van der Waals surface area contributed by atoms with Gasteiger partial charge in [0, 0.05) is 24.2 Å². The third-order valence-electron chi connectivity index (χ3n) is 3.98. The molecule has 0 aliphatic heterocycles. The quantitative estimate of drug-likeness (QED) is 0.614. The summed E-state index contributed by atoms with van der Waals surface area (Å²) in [7, 11) is 0. The highest BCUT2D eigenvalue weighted by molar-refractivity contribution is 5.89. The highest BCUT2D eigenvalue weighted by Crippen LogP contribution is 2.24. The molecule has 26 heavy (non-hydrogen) atoms. The third kappa shape index (κ3) is 3.16. The Bertz CT molecular complexity index is 1090. The van der Waals surface area contributed by atoms with E-state index in [-0.39, 0.29) is 24.2 Å². The number of carbonyl (C=O) groups is 1. The molecule has 0 aliphatic rings. The Morgan fingerprint density at radius 1 is 1.27 bits per heavy atom. The first-order valence-electron chi connectivity index (χ1n) is 7.97. The topological polar surface area (TPSA) is 77.1 Å². The van der Waals surface area contributed by atoms with E-state index < -0.39 is 0 Å². The van der Waals surface area contributed by atoms with E-state index in [1.807, 2.05) is 13.0 Å². The summed E-state index contributed by atoms with van der Waals surface area (Å²) in [6.07, 6.45) is 6.62. The Morgan fingerprint density at radius 2 is 2.15 bits per heavy atom. The summed E-state index contributed by atoms with van der Waals surface area (Å²) in [5.41, 5.74) is 3.14. The highest BCUT2D eigenvalue weighted by atomic mass is 19.1. The van der Waals surface area contributed by atoms with Crippen LogP contribution < -0.4 is 5.32 Å². The maximum Gasteiger partial charge on any atom is 0.249 e. The number of nitrogens with one attached hydrogen (secondary N) is 1. The molecule has 0 spiro atoms. The lowest BCUT2D eigenvalue weighted by atomic mass is 10.0. The summed E-state index contributed by atoms with van der Waals surface area (Å²) in [6, 6.07) is 8.28. The van der Waals surface area contributed by atoms with Crippen molar-refractivity contribution in [2.45, 2.75) is 13.5 Å². The van der Waals surface area contributed by atoms with Crippen molar-refractivity contribution < 1.29 is 9.18 Å². The number of carbonyl (C=O) groups excluding carboxylic acids is 1. The van der Waals surface area contributed by atoms with Crippen LogP contribution in [0, 0.1) is 12.7 Å². The smallest absolute Gasteiger partial charge is 0.249 e. The second-order valence-electron chi connectivity index (χ2n) is 5.90. The largest absolute Gasteiger partial charge is 0.328 e. The molecule has 0 aliphatic carbocycles. The SMILES string of the molecule is Cc1ccc(F)cc1-c1ccc2nc(NC(=O)Cn3ccnc3)nn2c1.